The molecule has 1 aromatic heterocycles. The van der Waals surface area contributed by atoms with E-state index in [9.17, 15) is 14.7 Å². The van der Waals surface area contributed by atoms with Gasteiger partial charge in [-0.3, -0.25) is 4.79 Å². The summed E-state index contributed by atoms with van der Waals surface area (Å²) in [6.45, 7) is 14.6. The van der Waals surface area contributed by atoms with Gasteiger partial charge in [-0.1, -0.05) is 70.5 Å². The molecule has 0 spiro atoms. The number of hydrogen-bond donors (Lipinski definition) is 1. The summed E-state index contributed by atoms with van der Waals surface area (Å²) in [6.07, 6.45) is 2.47. The number of thiazole rings is 1. The molecule has 36 heavy (non-hydrogen) atoms. The minimum atomic E-state index is -1.20. The predicted octanol–water partition coefficient (Wildman–Crippen LogP) is 6.38. The second-order valence-electron chi connectivity index (χ2n) is 11.7. The zero-order valence-electron chi connectivity index (χ0n) is 22.4. The molecule has 6 nitrogen and oxygen atoms in total. The number of nitrogens with zero attached hydrogens (tertiary/aromatic N) is 2. The number of esters is 1. The molecule has 1 saturated heterocycles. The van der Waals surface area contributed by atoms with Crippen molar-refractivity contribution in [3.05, 3.63) is 50.4 Å². The first-order valence-corrected chi connectivity index (χ1v) is 14.3. The molecule has 3 rings (SSSR count). The molecule has 3 unspecified atom stereocenters. The summed E-state index contributed by atoms with van der Waals surface area (Å²) < 4.78 is 6.66. The van der Waals surface area contributed by atoms with Gasteiger partial charge in [-0.15, -0.1) is 11.3 Å². The lowest BCUT2D eigenvalue weighted by Crippen LogP contribution is -2.55. The number of carbonyl (C=O) groups is 2. The van der Waals surface area contributed by atoms with Crippen LogP contribution < -0.4 is 0 Å². The van der Waals surface area contributed by atoms with Crippen LogP contribution in [-0.2, 0) is 14.9 Å². The predicted molar refractivity (Wildman–Crippen MR) is 147 cm³/mol. The molecule has 1 aliphatic heterocycles. The lowest BCUT2D eigenvalue weighted by molar-refractivity contribution is -0.158. The van der Waals surface area contributed by atoms with Gasteiger partial charge < -0.3 is 14.7 Å². The lowest BCUT2D eigenvalue weighted by atomic mass is 9.83. The van der Waals surface area contributed by atoms with E-state index >= 15 is 0 Å². The second kappa shape index (κ2) is 11.3. The number of aliphatic hydroxyl groups excluding tert-OH is 1. The van der Waals surface area contributed by atoms with Gasteiger partial charge in [0.2, 0.25) is 0 Å². The van der Waals surface area contributed by atoms with Gasteiger partial charge >= 0.3 is 5.97 Å². The standard InChI is InChI=1S/C28H39BrN2O4S/c1-17(2)13-28(26(34)35-16-18(3)4)14-20(15-32)23(24-30-10-11-36-24)31(28)25(33)19-8-9-21(22(29)12-19)27(5,6)7/h8-12,17-18,20,23,32H,13-16H2,1-7H3. The summed E-state index contributed by atoms with van der Waals surface area (Å²) >= 11 is 5.10. The quantitative estimate of drug-likeness (QED) is 0.367. The Kier molecular flexibility index (Phi) is 9.05. The third-order valence-corrected chi connectivity index (χ3v) is 8.14. The molecule has 1 N–H and O–H groups in total. The van der Waals surface area contributed by atoms with E-state index in [0.29, 0.717) is 18.4 Å². The molecule has 1 aromatic carbocycles. The number of benzene rings is 1. The molecule has 0 radical (unpaired) electrons. The smallest absolute Gasteiger partial charge is 0.332 e. The number of aliphatic hydroxyl groups is 1. The Balaban J connectivity index is 2.18. The van der Waals surface area contributed by atoms with Crippen molar-refractivity contribution in [2.45, 2.75) is 78.3 Å². The fourth-order valence-electron chi connectivity index (χ4n) is 5.19. The van der Waals surface area contributed by atoms with E-state index in [1.807, 2.05) is 51.3 Å². The van der Waals surface area contributed by atoms with Crippen LogP contribution >= 0.6 is 27.3 Å². The van der Waals surface area contributed by atoms with E-state index in [0.717, 1.165) is 15.0 Å². The second-order valence-corrected chi connectivity index (χ2v) is 13.5. The average molecular weight is 580 g/mol. The van der Waals surface area contributed by atoms with Crippen LogP contribution in [-0.4, -0.2) is 45.6 Å². The highest BCUT2D eigenvalue weighted by molar-refractivity contribution is 9.10. The van der Waals surface area contributed by atoms with E-state index in [2.05, 4.69) is 41.7 Å². The molecule has 1 fully saturated rings. The van der Waals surface area contributed by atoms with Crippen molar-refractivity contribution in [1.82, 2.24) is 9.88 Å². The molecule has 3 atom stereocenters. The fraction of sp³-hybridized carbons (Fsp3) is 0.607. The molecule has 2 heterocycles. The number of rotatable bonds is 8. The Morgan fingerprint density at radius 1 is 1.25 bits per heavy atom. The maximum atomic E-state index is 14.4. The van der Waals surface area contributed by atoms with Crippen LogP contribution in [0.15, 0.2) is 34.2 Å². The number of aromatic nitrogens is 1. The van der Waals surface area contributed by atoms with E-state index in [-0.39, 0.29) is 42.3 Å². The van der Waals surface area contributed by atoms with Gasteiger partial charge in [-0.2, -0.15) is 0 Å². The van der Waals surface area contributed by atoms with Crippen molar-refractivity contribution in [2.24, 2.45) is 17.8 Å². The highest BCUT2D eigenvalue weighted by Crippen LogP contribution is 2.51. The van der Waals surface area contributed by atoms with Gasteiger partial charge in [-0.05, 0) is 47.8 Å². The first-order valence-electron chi connectivity index (χ1n) is 12.6. The van der Waals surface area contributed by atoms with Crippen LogP contribution in [0.5, 0.6) is 0 Å². The Hall–Kier alpha value is -1.77. The van der Waals surface area contributed by atoms with Gasteiger partial charge in [0.1, 0.15) is 10.5 Å². The van der Waals surface area contributed by atoms with Gasteiger partial charge in [0, 0.05) is 34.1 Å². The fourth-order valence-corrected chi connectivity index (χ4v) is 6.99. The van der Waals surface area contributed by atoms with E-state index in [4.69, 9.17) is 4.74 Å². The van der Waals surface area contributed by atoms with E-state index in [1.54, 1.807) is 11.1 Å². The van der Waals surface area contributed by atoms with E-state index in [1.165, 1.54) is 11.3 Å². The van der Waals surface area contributed by atoms with Crippen LogP contribution in [0.3, 0.4) is 0 Å². The maximum Gasteiger partial charge on any atom is 0.332 e. The first kappa shape index (κ1) is 28.8. The van der Waals surface area contributed by atoms with Crippen LogP contribution in [0, 0.1) is 17.8 Å². The molecule has 2 aromatic rings. The Morgan fingerprint density at radius 3 is 2.44 bits per heavy atom. The molecule has 0 saturated carbocycles. The van der Waals surface area contributed by atoms with Crippen LogP contribution in [0.1, 0.15) is 88.3 Å². The van der Waals surface area contributed by atoms with Gasteiger partial charge in [0.15, 0.2) is 0 Å². The monoisotopic (exact) mass is 578 g/mol. The number of carbonyl (C=O) groups excluding carboxylic acids is 2. The molecular weight excluding hydrogens is 540 g/mol. The lowest BCUT2D eigenvalue weighted by Gasteiger charge is -2.40. The van der Waals surface area contributed by atoms with Gasteiger partial charge in [0.25, 0.3) is 5.91 Å². The number of amides is 1. The average Bonchev–Trinajstić information content (AvgIpc) is 3.42. The zero-order chi connectivity index (χ0) is 26.8. The largest absolute Gasteiger partial charge is 0.464 e. The molecule has 0 bridgehead atoms. The highest BCUT2D eigenvalue weighted by atomic mass is 79.9. The summed E-state index contributed by atoms with van der Waals surface area (Å²) in [6, 6.07) is 5.12. The number of halogens is 1. The minimum absolute atomic E-state index is 0.0957. The summed E-state index contributed by atoms with van der Waals surface area (Å²) in [7, 11) is 0. The Bertz CT molecular complexity index is 1060. The van der Waals surface area contributed by atoms with Crippen LogP contribution in [0.25, 0.3) is 0 Å². The molecule has 198 valence electrons. The normalized spacial score (nSPS) is 22.5. The third kappa shape index (κ3) is 5.86. The highest BCUT2D eigenvalue weighted by Gasteiger charge is 2.60. The topological polar surface area (TPSA) is 79.7 Å². The Morgan fingerprint density at radius 2 is 1.94 bits per heavy atom. The summed E-state index contributed by atoms with van der Waals surface area (Å²) in [5, 5.41) is 13.0. The van der Waals surface area contributed by atoms with Crippen molar-refractivity contribution < 1.29 is 19.4 Å². The third-order valence-electron chi connectivity index (χ3n) is 6.64. The molecule has 1 aliphatic rings. The minimum Gasteiger partial charge on any atom is -0.464 e. The maximum absolute atomic E-state index is 14.4. The molecule has 0 aliphatic carbocycles. The number of likely N-dealkylation sites (tertiary alicyclic amines) is 1. The molecule has 1 amide bonds. The van der Waals surface area contributed by atoms with Crippen LogP contribution in [0.2, 0.25) is 0 Å². The summed E-state index contributed by atoms with van der Waals surface area (Å²) in [4.78, 5) is 34.4. The van der Waals surface area contributed by atoms with Crippen molar-refractivity contribution >= 4 is 39.1 Å². The molecular formula is C28H39BrN2O4S. The van der Waals surface area contributed by atoms with Crippen molar-refractivity contribution in [2.75, 3.05) is 13.2 Å². The van der Waals surface area contributed by atoms with E-state index < -0.39 is 17.6 Å². The Labute approximate surface area is 227 Å². The zero-order valence-corrected chi connectivity index (χ0v) is 24.8. The number of hydrogen-bond acceptors (Lipinski definition) is 6. The SMILES string of the molecule is CC(C)COC(=O)C1(CC(C)C)CC(CO)C(c2nccs2)N1C(=O)c1ccc(C(C)(C)C)c(Br)c1. The van der Waals surface area contributed by atoms with Crippen molar-refractivity contribution in [3.8, 4) is 0 Å². The van der Waals surface area contributed by atoms with Crippen molar-refractivity contribution in [1.29, 1.82) is 0 Å². The molecule has 8 heteroatoms. The van der Waals surface area contributed by atoms with Gasteiger partial charge in [0.05, 0.1) is 12.6 Å². The van der Waals surface area contributed by atoms with Crippen molar-refractivity contribution in [3.63, 3.8) is 0 Å². The summed E-state index contributed by atoms with van der Waals surface area (Å²) in [5.41, 5.74) is 0.287. The summed E-state index contributed by atoms with van der Waals surface area (Å²) in [5.74, 6) is -0.700. The first-order chi connectivity index (χ1) is 16.8. The number of ether oxygens (including phenoxy) is 1. The van der Waals surface area contributed by atoms with Gasteiger partial charge in [-0.25, -0.2) is 9.78 Å². The van der Waals surface area contributed by atoms with Crippen LogP contribution in [0.4, 0.5) is 0 Å².